The lowest BCUT2D eigenvalue weighted by atomic mass is 9.91. The molecule has 2 rings (SSSR count). The Bertz CT molecular complexity index is 356. The lowest BCUT2D eigenvalue weighted by Gasteiger charge is -2.31. The molecule has 1 aromatic carbocycles. The van der Waals surface area contributed by atoms with Crippen LogP contribution in [0, 0.1) is 6.92 Å². The first-order valence-corrected chi connectivity index (χ1v) is 6.52. The number of aryl methyl sites for hydroxylation is 1. The van der Waals surface area contributed by atoms with Crippen LogP contribution in [0.3, 0.4) is 0 Å². The van der Waals surface area contributed by atoms with Gasteiger partial charge in [0.15, 0.2) is 6.04 Å². The maximum absolute atomic E-state index is 2.46. The zero-order valence-electron chi connectivity index (χ0n) is 10.7. The molecule has 1 aliphatic rings. The first-order valence-electron chi connectivity index (χ1n) is 6.52. The van der Waals surface area contributed by atoms with Crippen molar-refractivity contribution in [3.63, 3.8) is 0 Å². The van der Waals surface area contributed by atoms with E-state index in [0.29, 0.717) is 6.04 Å². The second-order valence-electron chi connectivity index (χ2n) is 4.79. The number of fused-ring (bicyclic) bond motifs is 1. The van der Waals surface area contributed by atoms with Gasteiger partial charge in [-0.1, -0.05) is 18.2 Å². The summed E-state index contributed by atoms with van der Waals surface area (Å²) in [5.41, 5.74) is 4.66. The number of quaternary nitrogens is 2. The number of benzene rings is 1. The van der Waals surface area contributed by atoms with Crippen molar-refractivity contribution in [1.29, 1.82) is 0 Å². The van der Waals surface area contributed by atoms with Crippen LogP contribution in [0.15, 0.2) is 18.2 Å². The van der Waals surface area contributed by atoms with E-state index in [0.717, 1.165) is 6.54 Å². The van der Waals surface area contributed by atoms with Gasteiger partial charge in [0.05, 0.1) is 13.1 Å². The van der Waals surface area contributed by atoms with Crippen molar-refractivity contribution in [3.8, 4) is 0 Å². The van der Waals surface area contributed by atoms with Crippen LogP contribution < -0.4 is 10.2 Å². The Kier molecular flexibility index (Phi) is 3.62. The summed E-state index contributed by atoms with van der Waals surface area (Å²) in [7, 11) is 0. The van der Waals surface area contributed by atoms with E-state index in [1.165, 1.54) is 25.2 Å². The molecule has 0 unspecified atom stereocenters. The Labute approximate surface area is 98.7 Å². The molecule has 0 saturated carbocycles. The van der Waals surface area contributed by atoms with Crippen LogP contribution in [0.2, 0.25) is 0 Å². The molecule has 1 atom stereocenters. The van der Waals surface area contributed by atoms with Gasteiger partial charge in [0.25, 0.3) is 0 Å². The van der Waals surface area contributed by atoms with Gasteiger partial charge in [-0.05, 0) is 26.3 Å². The van der Waals surface area contributed by atoms with E-state index in [1.807, 2.05) is 0 Å². The van der Waals surface area contributed by atoms with E-state index in [9.17, 15) is 0 Å². The molecule has 1 aliphatic heterocycles. The smallest absolute Gasteiger partial charge is 0.163 e. The maximum atomic E-state index is 2.46. The third kappa shape index (κ3) is 2.00. The summed E-state index contributed by atoms with van der Waals surface area (Å²) in [5, 5.41) is 2.46. The molecule has 16 heavy (non-hydrogen) atoms. The zero-order valence-corrected chi connectivity index (χ0v) is 10.7. The van der Waals surface area contributed by atoms with E-state index in [1.54, 1.807) is 16.0 Å². The summed E-state index contributed by atoms with van der Waals surface area (Å²) in [4.78, 5) is 1.71. The number of hydrogen-bond acceptors (Lipinski definition) is 0. The fourth-order valence-electron chi connectivity index (χ4n) is 3.05. The van der Waals surface area contributed by atoms with Gasteiger partial charge in [-0.25, -0.2) is 0 Å². The van der Waals surface area contributed by atoms with Crippen LogP contribution in [0.25, 0.3) is 0 Å². The van der Waals surface area contributed by atoms with Crippen LogP contribution in [0.1, 0.15) is 36.6 Å². The molecule has 1 heterocycles. The van der Waals surface area contributed by atoms with Crippen LogP contribution >= 0.6 is 0 Å². The maximum Gasteiger partial charge on any atom is 0.163 e. The van der Waals surface area contributed by atoms with Gasteiger partial charge in [-0.2, -0.15) is 0 Å². The molecule has 88 valence electrons. The molecular weight excluding hydrogens is 196 g/mol. The third-order valence-corrected chi connectivity index (χ3v) is 3.93. The van der Waals surface area contributed by atoms with Gasteiger partial charge in [0.1, 0.15) is 13.1 Å². The molecule has 0 radical (unpaired) electrons. The quantitative estimate of drug-likeness (QED) is 0.718. The van der Waals surface area contributed by atoms with Gasteiger partial charge in [0.2, 0.25) is 0 Å². The lowest BCUT2D eigenvalue weighted by Crippen LogP contribution is -3.15. The van der Waals surface area contributed by atoms with E-state index in [4.69, 9.17) is 0 Å². The fraction of sp³-hybridized carbons (Fsp3) is 0.571. The highest BCUT2D eigenvalue weighted by Crippen LogP contribution is 2.21. The summed E-state index contributed by atoms with van der Waals surface area (Å²) in [5.74, 6) is 0. The van der Waals surface area contributed by atoms with Crippen molar-refractivity contribution < 1.29 is 10.2 Å². The van der Waals surface area contributed by atoms with E-state index in [2.05, 4.69) is 44.3 Å². The molecule has 2 nitrogen and oxygen atoms in total. The van der Waals surface area contributed by atoms with Gasteiger partial charge in [-0.3, -0.25) is 0 Å². The van der Waals surface area contributed by atoms with Gasteiger partial charge in [-0.15, -0.1) is 0 Å². The van der Waals surface area contributed by atoms with Crippen molar-refractivity contribution >= 4 is 0 Å². The molecule has 1 aromatic rings. The summed E-state index contributed by atoms with van der Waals surface area (Å²) in [6, 6.07) is 7.45. The molecular formula is C14H24N2+2. The van der Waals surface area contributed by atoms with Crippen molar-refractivity contribution in [2.45, 2.75) is 33.4 Å². The predicted molar refractivity (Wildman–Crippen MR) is 66.5 cm³/mol. The molecule has 0 amide bonds. The van der Waals surface area contributed by atoms with Crippen LogP contribution in [-0.4, -0.2) is 19.6 Å². The van der Waals surface area contributed by atoms with Crippen LogP contribution in [0.5, 0.6) is 0 Å². The second kappa shape index (κ2) is 4.98. The molecule has 0 aliphatic carbocycles. The number of nitrogens with one attached hydrogen (secondary N) is 1. The number of likely N-dealkylation sites (N-methyl/N-ethyl adjacent to an activating group) is 1. The minimum absolute atomic E-state index is 0.694. The van der Waals surface area contributed by atoms with Gasteiger partial charge >= 0.3 is 0 Å². The molecule has 0 aromatic heterocycles. The number of nitrogens with two attached hydrogens (primary N) is 1. The van der Waals surface area contributed by atoms with E-state index in [-0.39, 0.29) is 0 Å². The SMILES string of the molecule is CC[NH+](CC)[C@@H]1C[NH2+]Cc2cccc(C)c21. The third-order valence-electron chi connectivity index (χ3n) is 3.93. The van der Waals surface area contributed by atoms with E-state index < -0.39 is 0 Å². The monoisotopic (exact) mass is 220 g/mol. The molecule has 3 N–H and O–H groups in total. The van der Waals surface area contributed by atoms with Crippen LogP contribution in [-0.2, 0) is 6.54 Å². The Morgan fingerprint density at radius 2 is 2.06 bits per heavy atom. The highest BCUT2D eigenvalue weighted by atomic mass is 15.2. The minimum atomic E-state index is 0.694. The fourth-order valence-corrected chi connectivity index (χ4v) is 3.05. The summed E-state index contributed by atoms with van der Waals surface area (Å²) in [6.07, 6.45) is 0. The van der Waals surface area contributed by atoms with Crippen molar-refractivity contribution in [2.75, 3.05) is 19.6 Å². The summed E-state index contributed by atoms with van der Waals surface area (Å²) < 4.78 is 0. The normalized spacial score (nSPS) is 19.9. The predicted octanol–water partition coefficient (Wildman–Crippen LogP) is 0.0378. The Balaban J connectivity index is 2.38. The summed E-state index contributed by atoms with van der Waals surface area (Å²) in [6.45, 7) is 11.7. The highest BCUT2D eigenvalue weighted by molar-refractivity contribution is 5.36. The Hall–Kier alpha value is -0.860. The minimum Gasteiger partial charge on any atom is -0.337 e. The second-order valence-corrected chi connectivity index (χ2v) is 4.79. The molecule has 0 fully saturated rings. The van der Waals surface area contributed by atoms with Crippen molar-refractivity contribution in [3.05, 3.63) is 34.9 Å². The Morgan fingerprint density at radius 1 is 1.31 bits per heavy atom. The average Bonchev–Trinajstić information content (AvgIpc) is 2.31. The number of hydrogen-bond donors (Lipinski definition) is 2. The van der Waals surface area contributed by atoms with E-state index >= 15 is 0 Å². The molecule has 0 saturated heterocycles. The standard InChI is InChI=1S/C14H22N2/c1-4-16(5-2)13-10-15-9-12-8-6-7-11(3)14(12)13/h6-8,13,15H,4-5,9-10H2,1-3H3/p+2/t13-/m1/s1. The Morgan fingerprint density at radius 3 is 2.75 bits per heavy atom. The van der Waals surface area contributed by atoms with Crippen molar-refractivity contribution in [2.24, 2.45) is 0 Å². The zero-order chi connectivity index (χ0) is 11.5. The first kappa shape index (κ1) is 11.6. The van der Waals surface area contributed by atoms with Gasteiger partial charge < -0.3 is 10.2 Å². The summed E-state index contributed by atoms with van der Waals surface area (Å²) >= 11 is 0. The molecule has 0 spiro atoms. The topological polar surface area (TPSA) is 21.1 Å². The van der Waals surface area contributed by atoms with Crippen molar-refractivity contribution in [1.82, 2.24) is 0 Å². The lowest BCUT2D eigenvalue weighted by molar-refractivity contribution is -0.945. The first-order chi connectivity index (χ1) is 7.77. The average molecular weight is 220 g/mol. The molecule has 2 heteroatoms. The molecule has 0 bridgehead atoms. The number of rotatable bonds is 3. The highest BCUT2D eigenvalue weighted by Gasteiger charge is 2.30. The largest absolute Gasteiger partial charge is 0.337 e. The van der Waals surface area contributed by atoms with Gasteiger partial charge in [0, 0.05) is 11.1 Å². The van der Waals surface area contributed by atoms with Crippen LogP contribution in [0.4, 0.5) is 0 Å².